The highest BCUT2D eigenvalue weighted by Crippen LogP contribution is 2.29. The second-order valence-corrected chi connectivity index (χ2v) is 6.28. The number of nitrogens with two attached hydrogens (primary N) is 1. The van der Waals surface area contributed by atoms with E-state index in [1.54, 1.807) is 25.8 Å². The average Bonchev–Trinajstić information content (AvgIpc) is 2.12. The van der Waals surface area contributed by atoms with Gasteiger partial charge in [0.05, 0.1) is 5.60 Å². The fourth-order valence-corrected chi connectivity index (χ4v) is 2.83. The van der Waals surface area contributed by atoms with Gasteiger partial charge in [0.2, 0.25) is 5.91 Å². The second kappa shape index (κ2) is 5.36. The summed E-state index contributed by atoms with van der Waals surface area (Å²) in [6.45, 7) is 5.94. The molecule has 1 saturated carbocycles. The van der Waals surface area contributed by atoms with E-state index in [9.17, 15) is 9.90 Å². The molecule has 4 nitrogen and oxygen atoms in total. The van der Waals surface area contributed by atoms with Crippen molar-refractivity contribution in [2.75, 3.05) is 13.6 Å². The number of hydrogen-bond donors (Lipinski definition) is 2. The van der Waals surface area contributed by atoms with E-state index in [-0.39, 0.29) is 17.9 Å². The molecule has 0 spiro atoms. The molecule has 3 unspecified atom stereocenters. The van der Waals surface area contributed by atoms with Gasteiger partial charge < -0.3 is 15.7 Å². The van der Waals surface area contributed by atoms with Gasteiger partial charge in [0, 0.05) is 25.6 Å². The molecule has 1 fully saturated rings. The van der Waals surface area contributed by atoms with Gasteiger partial charge in [-0.05, 0) is 39.0 Å². The summed E-state index contributed by atoms with van der Waals surface area (Å²) in [5.41, 5.74) is 5.12. The molecule has 1 rings (SSSR count). The molecule has 1 aliphatic carbocycles. The van der Waals surface area contributed by atoms with Gasteiger partial charge in [-0.1, -0.05) is 6.92 Å². The van der Waals surface area contributed by atoms with Crippen LogP contribution < -0.4 is 5.73 Å². The Labute approximate surface area is 104 Å². The van der Waals surface area contributed by atoms with Gasteiger partial charge >= 0.3 is 0 Å². The number of amides is 1. The fourth-order valence-electron chi connectivity index (χ4n) is 2.83. The van der Waals surface area contributed by atoms with Crippen LogP contribution in [0.3, 0.4) is 0 Å². The van der Waals surface area contributed by atoms with Crippen LogP contribution in [-0.4, -0.2) is 41.1 Å². The van der Waals surface area contributed by atoms with Crippen molar-refractivity contribution in [2.24, 2.45) is 17.6 Å². The summed E-state index contributed by atoms with van der Waals surface area (Å²) in [7, 11) is 1.76. The van der Waals surface area contributed by atoms with Crippen molar-refractivity contribution in [3.8, 4) is 0 Å². The van der Waals surface area contributed by atoms with Crippen LogP contribution in [-0.2, 0) is 4.79 Å². The van der Waals surface area contributed by atoms with E-state index in [2.05, 4.69) is 6.92 Å². The van der Waals surface area contributed by atoms with E-state index in [4.69, 9.17) is 5.73 Å². The zero-order chi connectivity index (χ0) is 13.2. The molecule has 0 aromatic rings. The number of carbonyl (C=O) groups is 1. The van der Waals surface area contributed by atoms with E-state index in [1.807, 2.05) is 0 Å². The van der Waals surface area contributed by atoms with Crippen LogP contribution in [0.5, 0.6) is 0 Å². The minimum atomic E-state index is -0.840. The predicted octanol–water partition coefficient (Wildman–Crippen LogP) is 0.979. The molecule has 3 N–H and O–H groups in total. The zero-order valence-electron chi connectivity index (χ0n) is 11.4. The Morgan fingerprint density at radius 3 is 2.47 bits per heavy atom. The normalized spacial score (nSPS) is 30.1. The lowest BCUT2D eigenvalue weighted by atomic mass is 9.79. The van der Waals surface area contributed by atoms with E-state index in [0.717, 1.165) is 19.3 Å². The standard InChI is InChI=1S/C13H26N2O2/c1-9-5-10(7-11(14)6-9)12(16)15(4)8-13(2,3)17/h9-11,17H,5-8,14H2,1-4H3. The van der Waals surface area contributed by atoms with Crippen LogP contribution in [0.4, 0.5) is 0 Å². The predicted molar refractivity (Wildman–Crippen MR) is 68.4 cm³/mol. The molecule has 1 aliphatic rings. The smallest absolute Gasteiger partial charge is 0.225 e. The molecular formula is C13H26N2O2. The zero-order valence-corrected chi connectivity index (χ0v) is 11.4. The number of nitrogens with zero attached hydrogens (tertiary/aromatic N) is 1. The summed E-state index contributed by atoms with van der Waals surface area (Å²) in [4.78, 5) is 13.9. The van der Waals surface area contributed by atoms with Crippen LogP contribution in [0.25, 0.3) is 0 Å². The highest BCUT2D eigenvalue weighted by Gasteiger charge is 2.32. The largest absolute Gasteiger partial charge is 0.389 e. The van der Waals surface area contributed by atoms with E-state index in [1.165, 1.54) is 0 Å². The lowest BCUT2D eigenvalue weighted by Gasteiger charge is -2.34. The van der Waals surface area contributed by atoms with Gasteiger partial charge in [-0.25, -0.2) is 0 Å². The lowest BCUT2D eigenvalue weighted by molar-refractivity contribution is -0.138. The lowest BCUT2D eigenvalue weighted by Crippen LogP contribution is -2.45. The second-order valence-electron chi connectivity index (χ2n) is 6.28. The maximum atomic E-state index is 12.2. The molecule has 3 atom stereocenters. The van der Waals surface area contributed by atoms with Crippen molar-refractivity contribution in [3.05, 3.63) is 0 Å². The Morgan fingerprint density at radius 2 is 2.00 bits per heavy atom. The van der Waals surface area contributed by atoms with Crippen molar-refractivity contribution in [1.29, 1.82) is 0 Å². The first-order valence-electron chi connectivity index (χ1n) is 6.42. The van der Waals surface area contributed by atoms with E-state index in [0.29, 0.717) is 12.5 Å². The number of likely N-dealkylation sites (N-methyl/N-ethyl adjacent to an activating group) is 1. The van der Waals surface area contributed by atoms with Crippen molar-refractivity contribution in [2.45, 2.75) is 51.7 Å². The Bertz CT molecular complexity index is 263. The Kier molecular flexibility index (Phi) is 4.55. The van der Waals surface area contributed by atoms with Gasteiger partial charge in [0.1, 0.15) is 0 Å². The maximum Gasteiger partial charge on any atom is 0.225 e. The first-order valence-corrected chi connectivity index (χ1v) is 6.42. The first kappa shape index (κ1) is 14.5. The minimum Gasteiger partial charge on any atom is -0.389 e. The third kappa shape index (κ3) is 4.64. The number of carbonyl (C=O) groups excluding carboxylic acids is 1. The van der Waals surface area contributed by atoms with Crippen molar-refractivity contribution < 1.29 is 9.90 Å². The van der Waals surface area contributed by atoms with Crippen LogP contribution in [0, 0.1) is 11.8 Å². The fraction of sp³-hybridized carbons (Fsp3) is 0.923. The van der Waals surface area contributed by atoms with Crippen molar-refractivity contribution in [1.82, 2.24) is 4.90 Å². The number of aliphatic hydroxyl groups is 1. The quantitative estimate of drug-likeness (QED) is 0.775. The van der Waals surface area contributed by atoms with Gasteiger partial charge in [-0.15, -0.1) is 0 Å². The SMILES string of the molecule is CC1CC(N)CC(C(=O)N(C)CC(C)(C)O)C1. The summed E-state index contributed by atoms with van der Waals surface area (Å²) in [5.74, 6) is 0.665. The van der Waals surface area contributed by atoms with Crippen LogP contribution >= 0.6 is 0 Å². The molecule has 0 aliphatic heterocycles. The summed E-state index contributed by atoms with van der Waals surface area (Å²) in [6, 6.07) is 0.142. The van der Waals surface area contributed by atoms with Gasteiger partial charge in [-0.2, -0.15) is 0 Å². The van der Waals surface area contributed by atoms with Crippen LogP contribution in [0.2, 0.25) is 0 Å². The first-order chi connectivity index (χ1) is 7.69. The number of hydrogen-bond acceptors (Lipinski definition) is 3. The third-order valence-corrected chi connectivity index (χ3v) is 3.33. The molecule has 0 heterocycles. The average molecular weight is 242 g/mol. The summed E-state index contributed by atoms with van der Waals surface area (Å²) < 4.78 is 0. The molecule has 4 heteroatoms. The molecule has 17 heavy (non-hydrogen) atoms. The molecule has 0 bridgehead atoms. The Balaban J connectivity index is 2.57. The van der Waals surface area contributed by atoms with E-state index < -0.39 is 5.60 Å². The Hall–Kier alpha value is -0.610. The molecule has 100 valence electrons. The molecule has 0 aromatic heterocycles. The van der Waals surface area contributed by atoms with E-state index >= 15 is 0 Å². The van der Waals surface area contributed by atoms with Gasteiger partial charge in [0.25, 0.3) is 0 Å². The highest BCUT2D eigenvalue weighted by molar-refractivity contribution is 5.78. The summed E-state index contributed by atoms with van der Waals surface area (Å²) in [6.07, 6.45) is 2.71. The maximum absolute atomic E-state index is 12.2. The summed E-state index contributed by atoms with van der Waals surface area (Å²) in [5, 5.41) is 9.72. The van der Waals surface area contributed by atoms with Gasteiger partial charge in [-0.3, -0.25) is 4.79 Å². The molecular weight excluding hydrogens is 216 g/mol. The molecule has 0 aromatic carbocycles. The Morgan fingerprint density at radius 1 is 1.41 bits per heavy atom. The third-order valence-electron chi connectivity index (χ3n) is 3.33. The molecule has 1 amide bonds. The van der Waals surface area contributed by atoms with Crippen LogP contribution in [0.1, 0.15) is 40.0 Å². The minimum absolute atomic E-state index is 0.0288. The van der Waals surface area contributed by atoms with Crippen LogP contribution in [0.15, 0.2) is 0 Å². The monoisotopic (exact) mass is 242 g/mol. The topological polar surface area (TPSA) is 66.6 Å². The molecule has 0 saturated heterocycles. The number of rotatable bonds is 3. The molecule has 0 radical (unpaired) electrons. The summed E-state index contributed by atoms with van der Waals surface area (Å²) >= 11 is 0. The van der Waals surface area contributed by atoms with Gasteiger partial charge in [0.15, 0.2) is 0 Å². The van der Waals surface area contributed by atoms with Crippen molar-refractivity contribution in [3.63, 3.8) is 0 Å². The van der Waals surface area contributed by atoms with Crippen molar-refractivity contribution >= 4 is 5.91 Å². The highest BCUT2D eigenvalue weighted by atomic mass is 16.3.